The van der Waals surface area contributed by atoms with Gasteiger partial charge in [0.05, 0.1) is 24.9 Å². The molecule has 0 unspecified atom stereocenters. The molecule has 0 amide bonds. The Morgan fingerprint density at radius 2 is 1.62 bits per heavy atom. The fourth-order valence-electron chi connectivity index (χ4n) is 1.40. The maximum Gasteiger partial charge on any atom is 0.311 e. The Morgan fingerprint density at radius 3 is 2.05 bits per heavy atom. The van der Waals surface area contributed by atoms with Gasteiger partial charge in [-0.1, -0.05) is 6.92 Å². The molecule has 8 heteroatoms. The molecule has 0 aliphatic carbocycles. The van der Waals surface area contributed by atoms with Gasteiger partial charge >= 0.3 is 5.97 Å². The third-order valence-corrected chi connectivity index (χ3v) is 3.11. The number of esters is 1. The molecule has 0 aromatic rings. The highest BCUT2D eigenvalue weighted by atomic mass is 19.3. The predicted molar refractivity (Wildman–Crippen MR) is 64.8 cm³/mol. The van der Waals surface area contributed by atoms with Crippen molar-refractivity contribution in [2.24, 2.45) is 5.41 Å². The van der Waals surface area contributed by atoms with Crippen LogP contribution < -0.4 is 0 Å². The topological polar surface area (TPSA) is 26.3 Å². The van der Waals surface area contributed by atoms with Crippen LogP contribution in [-0.2, 0) is 9.53 Å². The quantitative estimate of drug-likeness (QED) is 0.455. The van der Waals surface area contributed by atoms with Crippen LogP contribution in [0.4, 0.5) is 26.3 Å². The molecule has 0 fully saturated rings. The van der Waals surface area contributed by atoms with Crippen LogP contribution in [0.15, 0.2) is 0 Å². The van der Waals surface area contributed by atoms with E-state index in [1.165, 1.54) is 0 Å². The maximum absolute atomic E-state index is 13.3. The maximum atomic E-state index is 13.3. The van der Waals surface area contributed by atoms with Gasteiger partial charge in [-0.15, -0.1) is 0 Å². The van der Waals surface area contributed by atoms with Crippen molar-refractivity contribution in [3.05, 3.63) is 0 Å². The van der Waals surface area contributed by atoms with Crippen LogP contribution in [0.25, 0.3) is 0 Å². The number of ether oxygens (including phenoxy) is 1. The first kappa shape index (κ1) is 20.1. The summed E-state index contributed by atoms with van der Waals surface area (Å²) in [6, 6.07) is 0. The van der Waals surface area contributed by atoms with Crippen molar-refractivity contribution in [3.8, 4) is 0 Å². The first-order valence-electron chi connectivity index (χ1n) is 6.52. The zero-order valence-electron chi connectivity index (χ0n) is 12.2. The van der Waals surface area contributed by atoms with Crippen LogP contribution in [-0.4, -0.2) is 30.8 Å². The number of halogens is 6. The molecule has 21 heavy (non-hydrogen) atoms. The van der Waals surface area contributed by atoms with Crippen LogP contribution in [0.1, 0.15) is 46.5 Å². The van der Waals surface area contributed by atoms with Gasteiger partial charge in [-0.05, 0) is 20.3 Å². The molecular formula is C13H20F6O2. The van der Waals surface area contributed by atoms with Gasteiger partial charge in [0, 0.05) is 6.42 Å². The normalized spacial score (nSPS) is 13.6. The SMILES string of the molecule is CCC(C)(C)C(=O)OCCC(F)(F)CC(F)(F)CC(F)F. The average Bonchev–Trinajstić information content (AvgIpc) is 2.24. The van der Waals surface area contributed by atoms with E-state index in [4.69, 9.17) is 0 Å². The van der Waals surface area contributed by atoms with Crippen molar-refractivity contribution >= 4 is 5.97 Å². The van der Waals surface area contributed by atoms with E-state index in [1.807, 2.05) is 0 Å². The van der Waals surface area contributed by atoms with E-state index < -0.39 is 55.5 Å². The first-order valence-corrected chi connectivity index (χ1v) is 6.52. The fourth-order valence-corrected chi connectivity index (χ4v) is 1.40. The molecular weight excluding hydrogens is 302 g/mol. The van der Waals surface area contributed by atoms with Gasteiger partial charge in [-0.3, -0.25) is 4.79 Å². The smallest absolute Gasteiger partial charge is 0.311 e. The molecule has 0 aromatic carbocycles. The predicted octanol–water partition coefficient (Wildman–Crippen LogP) is 4.67. The second kappa shape index (κ2) is 7.35. The Bertz CT molecular complexity index is 342. The summed E-state index contributed by atoms with van der Waals surface area (Å²) in [6.07, 6.45) is -7.96. The van der Waals surface area contributed by atoms with Gasteiger partial charge < -0.3 is 4.74 Å². The molecule has 0 aliphatic rings. The van der Waals surface area contributed by atoms with Gasteiger partial charge in [0.1, 0.15) is 0 Å². The molecule has 0 rings (SSSR count). The summed E-state index contributed by atoms with van der Waals surface area (Å²) in [5.74, 6) is -8.75. The highest BCUT2D eigenvalue weighted by Crippen LogP contribution is 2.36. The molecule has 2 nitrogen and oxygen atoms in total. The summed E-state index contributed by atoms with van der Waals surface area (Å²) in [4.78, 5) is 11.5. The third kappa shape index (κ3) is 8.16. The summed E-state index contributed by atoms with van der Waals surface area (Å²) >= 11 is 0. The number of rotatable bonds is 9. The first-order chi connectivity index (χ1) is 9.31. The molecule has 0 bridgehead atoms. The van der Waals surface area contributed by atoms with E-state index in [1.54, 1.807) is 20.8 Å². The van der Waals surface area contributed by atoms with E-state index in [-0.39, 0.29) is 0 Å². The lowest BCUT2D eigenvalue weighted by Crippen LogP contribution is -2.33. The lowest BCUT2D eigenvalue weighted by atomic mass is 9.91. The Labute approximate surface area is 119 Å². The van der Waals surface area contributed by atoms with Crippen molar-refractivity contribution < 1.29 is 35.9 Å². The average molecular weight is 322 g/mol. The number of carbonyl (C=O) groups is 1. The minimum absolute atomic E-state index is 0.425. The number of alkyl halides is 6. The summed E-state index contributed by atoms with van der Waals surface area (Å²) in [5.41, 5.74) is -0.852. The van der Waals surface area contributed by atoms with Crippen molar-refractivity contribution in [3.63, 3.8) is 0 Å². The Morgan fingerprint density at radius 1 is 1.10 bits per heavy atom. The van der Waals surface area contributed by atoms with Crippen molar-refractivity contribution in [2.45, 2.75) is 64.7 Å². The van der Waals surface area contributed by atoms with Gasteiger partial charge in [0.25, 0.3) is 11.8 Å². The lowest BCUT2D eigenvalue weighted by molar-refractivity contribution is -0.160. The Kier molecular flexibility index (Phi) is 7.02. The van der Waals surface area contributed by atoms with Crippen LogP contribution in [0.5, 0.6) is 0 Å². The van der Waals surface area contributed by atoms with Gasteiger partial charge in [-0.25, -0.2) is 26.3 Å². The van der Waals surface area contributed by atoms with Crippen molar-refractivity contribution in [2.75, 3.05) is 6.61 Å². The van der Waals surface area contributed by atoms with E-state index in [0.29, 0.717) is 6.42 Å². The molecule has 0 aromatic heterocycles. The fraction of sp³-hybridized carbons (Fsp3) is 0.923. The molecule has 0 N–H and O–H groups in total. The van der Waals surface area contributed by atoms with Gasteiger partial charge in [-0.2, -0.15) is 0 Å². The zero-order chi connectivity index (χ0) is 16.9. The number of hydrogen-bond donors (Lipinski definition) is 0. The second-order valence-electron chi connectivity index (χ2n) is 5.61. The van der Waals surface area contributed by atoms with Gasteiger partial charge in [0.2, 0.25) is 6.43 Å². The van der Waals surface area contributed by atoms with E-state index in [9.17, 15) is 31.1 Å². The molecule has 0 spiro atoms. The minimum atomic E-state index is -4.16. The monoisotopic (exact) mass is 322 g/mol. The van der Waals surface area contributed by atoms with Crippen LogP contribution in [0.2, 0.25) is 0 Å². The second-order valence-corrected chi connectivity index (χ2v) is 5.61. The standard InChI is InChI=1S/C13H20F6O2/c1-4-11(2,3)10(20)21-6-5-12(16,17)8-13(18,19)7-9(14)15/h9H,4-8H2,1-3H3. The third-order valence-electron chi connectivity index (χ3n) is 3.11. The number of hydrogen-bond acceptors (Lipinski definition) is 2. The molecule has 126 valence electrons. The van der Waals surface area contributed by atoms with E-state index in [0.717, 1.165) is 0 Å². The largest absolute Gasteiger partial charge is 0.465 e. The Hall–Kier alpha value is -0.950. The molecule has 0 saturated carbocycles. The summed E-state index contributed by atoms with van der Waals surface area (Å²) in [7, 11) is 0. The van der Waals surface area contributed by atoms with Crippen molar-refractivity contribution in [1.29, 1.82) is 0 Å². The van der Waals surface area contributed by atoms with Crippen LogP contribution >= 0.6 is 0 Å². The molecule has 0 atom stereocenters. The molecule has 0 saturated heterocycles. The van der Waals surface area contributed by atoms with Crippen LogP contribution in [0, 0.1) is 5.41 Å². The zero-order valence-corrected chi connectivity index (χ0v) is 12.2. The molecule has 0 radical (unpaired) electrons. The highest BCUT2D eigenvalue weighted by molar-refractivity contribution is 5.75. The van der Waals surface area contributed by atoms with E-state index in [2.05, 4.69) is 4.74 Å². The highest BCUT2D eigenvalue weighted by Gasteiger charge is 2.44. The van der Waals surface area contributed by atoms with Crippen LogP contribution in [0.3, 0.4) is 0 Å². The van der Waals surface area contributed by atoms with Gasteiger partial charge in [0.15, 0.2) is 0 Å². The minimum Gasteiger partial charge on any atom is -0.465 e. The van der Waals surface area contributed by atoms with Crippen molar-refractivity contribution in [1.82, 2.24) is 0 Å². The summed E-state index contributed by atoms with van der Waals surface area (Å²) in [5, 5.41) is 0. The summed E-state index contributed by atoms with van der Waals surface area (Å²) in [6.45, 7) is 4.09. The van der Waals surface area contributed by atoms with E-state index >= 15 is 0 Å². The number of carbonyl (C=O) groups excluding carboxylic acids is 1. The summed E-state index contributed by atoms with van der Waals surface area (Å²) < 4.78 is 80.7. The lowest BCUT2D eigenvalue weighted by Gasteiger charge is -2.24. The Balaban J connectivity index is 4.34. The molecule has 0 heterocycles. The molecule has 0 aliphatic heterocycles.